The minimum Gasteiger partial charge on any atom is -0.495 e. The normalized spacial score (nSPS) is 10.5. The first-order valence-electron chi connectivity index (χ1n) is 9.57. The zero-order valence-corrected chi connectivity index (χ0v) is 18.7. The number of hydrogen-bond acceptors (Lipinski definition) is 7. The third-order valence-corrected chi connectivity index (χ3v) is 6.18. The number of hydrogen-bond donors (Lipinski definition) is 2. The minimum atomic E-state index is -0.388. The van der Waals surface area contributed by atoms with Crippen LogP contribution >= 0.6 is 23.1 Å². The summed E-state index contributed by atoms with van der Waals surface area (Å²) in [7, 11) is 1.60. The Morgan fingerprint density at radius 2 is 1.78 bits per heavy atom. The maximum absolute atomic E-state index is 12.3. The van der Waals surface area contributed by atoms with Crippen molar-refractivity contribution >= 4 is 34.9 Å². The molecule has 4 rings (SSSR count). The lowest BCUT2D eigenvalue weighted by Gasteiger charge is -2.13. The molecule has 32 heavy (non-hydrogen) atoms. The van der Waals surface area contributed by atoms with Crippen LogP contribution in [-0.4, -0.2) is 39.4 Å². The summed E-state index contributed by atoms with van der Waals surface area (Å²) in [6.45, 7) is 0. The second kappa shape index (κ2) is 10.1. The summed E-state index contributed by atoms with van der Waals surface area (Å²) in [5, 5.41) is 11.1. The van der Waals surface area contributed by atoms with Crippen LogP contribution < -0.4 is 15.6 Å². The van der Waals surface area contributed by atoms with Crippen molar-refractivity contribution in [2.45, 2.75) is 5.16 Å². The monoisotopic (exact) mass is 465 g/mol. The summed E-state index contributed by atoms with van der Waals surface area (Å²) in [5.74, 6) is 0.594. The molecule has 2 heterocycles. The number of amides is 2. The van der Waals surface area contributed by atoms with Gasteiger partial charge in [0.25, 0.3) is 5.91 Å². The quantitative estimate of drug-likeness (QED) is 0.320. The Labute approximate surface area is 192 Å². The van der Waals surface area contributed by atoms with Gasteiger partial charge in [-0.3, -0.25) is 25.0 Å². The van der Waals surface area contributed by atoms with E-state index >= 15 is 0 Å². The SMILES string of the molecule is COc1ccccc1-n1c(SCC(=O)NNC(=O)c2ccccc2)nnc1-c1cccs1. The zero-order valence-electron chi connectivity index (χ0n) is 17.0. The van der Waals surface area contributed by atoms with Gasteiger partial charge in [0.2, 0.25) is 5.91 Å². The molecule has 2 aromatic heterocycles. The van der Waals surface area contributed by atoms with E-state index in [-0.39, 0.29) is 17.6 Å². The molecule has 4 aromatic rings. The molecule has 0 unspecified atom stereocenters. The van der Waals surface area contributed by atoms with Crippen LogP contribution in [0.2, 0.25) is 0 Å². The highest BCUT2D eigenvalue weighted by atomic mass is 32.2. The fraction of sp³-hybridized carbons (Fsp3) is 0.0909. The van der Waals surface area contributed by atoms with Crippen LogP contribution in [0.25, 0.3) is 16.4 Å². The van der Waals surface area contributed by atoms with E-state index in [9.17, 15) is 9.59 Å². The number of para-hydroxylation sites is 2. The molecule has 0 aliphatic rings. The van der Waals surface area contributed by atoms with Gasteiger partial charge >= 0.3 is 0 Å². The number of carbonyl (C=O) groups excluding carboxylic acids is 2. The lowest BCUT2D eigenvalue weighted by Crippen LogP contribution is -2.42. The van der Waals surface area contributed by atoms with Gasteiger partial charge in [-0.2, -0.15) is 0 Å². The van der Waals surface area contributed by atoms with E-state index in [2.05, 4.69) is 21.0 Å². The summed E-state index contributed by atoms with van der Waals surface area (Å²) in [4.78, 5) is 25.4. The molecule has 0 radical (unpaired) electrons. The van der Waals surface area contributed by atoms with Crippen LogP contribution in [0.1, 0.15) is 10.4 Å². The van der Waals surface area contributed by atoms with Gasteiger partial charge in [0, 0.05) is 5.56 Å². The van der Waals surface area contributed by atoms with Crippen LogP contribution in [0.4, 0.5) is 0 Å². The van der Waals surface area contributed by atoms with Crippen LogP contribution in [0, 0.1) is 0 Å². The second-order valence-electron chi connectivity index (χ2n) is 6.45. The molecule has 8 nitrogen and oxygen atoms in total. The van der Waals surface area contributed by atoms with Crippen LogP contribution in [0.3, 0.4) is 0 Å². The van der Waals surface area contributed by atoms with E-state index in [4.69, 9.17) is 4.74 Å². The lowest BCUT2D eigenvalue weighted by molar-refractivity contribution is -0.119. The highest BCUT2D eigenvalue weighted by Gasteiger charge is 2.20. The van der Waals surface area contributed by atoms with E-state index in [0.717, 1.165) is 10.6 Å². The Balaban J connectivity index is 1.50. The Kier molecular flexibility index (Phi) is 6.83. The van der Waals surface area contributed by atoms with Crippen LogP contribution in [-0.2, 0) is 4.79 Å². The maximum Gasteiger partial charge on any atom is 0.269 e. The van der Waals surface area contributed by atoms with Crippen LogP contribution in [0.15, 0.2) is 77.3 Å². The number of nitrogens with zero attached hydrogens (tertiary/aromatic N) is 3. The molecule has 2 amide bonds. The molecule has 0 aliphatic heterocycles. The Morgan fingerprint density at radius 3 is 2.53 bits per heavy atom. The summed E-state index contributed by atoms with van der Waals surface area (Å²) in [5.41, 5.74) is 6.06. The molecule has 0 spiro atoms. The third kappa shape index (κ3) is 4.82. The number of ether oxygens (including phenoxy) is 1. The smallest absolute Gasteiger partial charge is 0.269 e. The minimum absolute atomic E-state index is 0.0345. The molecular weight excluding hydrogens is 446 g/mol. The molecule has 0 bridgehead atoms. The Hall–Kier alpha value is -3.63. The summed E-state index contributed by atoms with van der Waals surface area (Å²) < 4.78 is 7.39. The fourth-order valence-corrected chi connectivity index (χ4v) is 4.36. The van der Waals surface area contributed by atoms with Gasteiger partial charge < -0.3 is 4.74 Å². The number of hydrazine groups is 1. The topological polar surface area (TPSA) is 98.1 Å². The predicted molar refractivity (Wildman–Crippen MR) is 124 cm³/mol. The molecule has 0 saturated carbocycles. The molecule has 0 fully saturated rings. The van der Waals surface area contributed by atoms with E-state index < -0.39 is 0 Å². The van der Waals surface area contributed by atoms with Crippen molar-refractivity contribution in [2.75, 3.05) is 12.9 Å². The molecule has 0 atom stereocenters. The number of thioether (sulfide) groups is 1. The average molecular weight is 466 g/mol. The standard InChI is InChI=1S/C22H19N5O3S2/c1-30-17-11-6-5-10-16(17)27-20(18-12-7-13-31-18)24-26-22(27)32-14-19(28)23-25-21(29)15-8-3-2-4-9-15/h2-13H,14H2,1H3,(H,23,28)(H,25,29). The molecule has 2 aromatic carbocycles. The largest absolute Gasteiger partial charge is 0.495 e. The molecular formula is C22H19N5O3S2. The van der Waals surface area contributed by atoms with Gasteiger partial charge in [-0.25, -0.2) is 0 Å². The van der Waals surface area contributed by atoms with Crippen molar-refractivity contribution in [3.63, 3.8) is 0 Å². The van der Waals surface area contributed by atoms with E-state index in [1.165, 1.54) is 11.8 Å². The fourth-order valence-electron chi connectivity index (χ4n) is 2.91. The highest BCUT2D eigenvalue weighted by molar-refractivity contribution is 7.99. The lowest BCUT2D eigenvalue weighted by atomic mass is 10.2. The van der Waals surface area contributed by atoms with E-state index in [1.54, 1.807) is 42.7 Å². The van der Waals surface area contributed by atoms with E-state index in [1.807, 2.05) is 52.4 Å². The molecule has 2 N–H and O–H groups in total. The molecule has 162 valence electrons. The summed E-state index contributed by atoms with van der Waals surface area (Å²) >= 11 is 2.75. The number of thiophene rings is 1. The van der Waals surface area contributed by atoms with Gasteiger partial charge in [-0.1, -0.05) is 48.2 Å². The Bertz CT molecular complexity index is 1210. The number of nitrogens with one attached hydrogen (secondary N) is 2. The van der Waals surface area contributed by atoms with Gasteiger partial charge in [0.1, 0.15) is 5.75 Å². The Morgan fingerprint density at radius 1 is 1.00 bits per heavy atom. The second-order valence-corrected chi connectivity index (χ2v) is 8.34. The van der Waals surface area contributed by atoms with Gasteiger partial charge in [0.05, 0.1) is 23.4 Å². The number of methoxy groups -OCH3 is 1. The van der Waals surface area contributed by atoms with Gasteiger partial charge in [0.15, 0.2) is 11.0 Å². The van der Waals surface area contributed by atoms with Crippen molar-refractivity contribution < 1.29 is 14.3 Å². The number of benzene rings is 2. The average Bonchev–Trinajstić information content (AvgIpc) is 3.51. The number of rotatable bonds is 7. The molecule has 0 aliphatic carbocycles. The van der Waals surface area contributed by atoms with E-state index in [0.29, 0.717) is 22.3 Å². The predicted octanol–water partition coefficient (Wildman–Crippen LogP) is 3.56. The highest BCUT2D eigenvalue weighted by Crippen LogP contribution is 2.33. The number of aromatic nitrogens is 3. The number of carbonyl (C=O) groups is 2. The summed E-state index contributed by atoms with van der Waals surface area (Å²) in [6.07, 6.45) is 0. The van der Waals surface area contributed by atoms with Crippen molar-refractivity contribution in [1.29, 1.82) is 0 Å². The van der Waals surface area contributed by atoms with Crippen LogP contribution in [0.5, 0.6) is 5.75 Å². The first kappa shape index (κ1) is 21.6. The third-order valence-electron chi connectivity index (χ3n) is 4.38. The van der Waals surface area contributed by atoms with Gasteiger partial charge in [-0.05, 0) is 35.7 Å². The van der Waals surface area contributed by atoms with Crippen molar-refractivity contribution in [3.05, 3.63) is 77.7 Å². The molecule has 10 heteroatoms. The van der Waals surface area contributed by atoms with Crippen molar-refractivity contribution in [2.24, 2.45) is 0 Å². The maximum atomic E-state index is 12.3. The van der Waals surface area contributed by atoms with Gasteiger partial charge in [-0.15, -0.1) is 21.5 Å². The summed E-state index contributed by atoms with van der Waals surface area (Å²) in [6, 6.07) is 20.1. The zero-order chi connectivity index (χ0) is 22.3. The van der Waals surface area contributed by atoms with Crippen molar-refractivity contribution in [1.82, 2.24) is 25.6 Å². The first-order valence-corrected chi connectivity index (χ1v) is 11.4. The first-order chi connectivity index (χ1) is 15.7. The molecule has 0 saturated heterocycles. The van der Waals surface area contributed by atoms with Crippen molar-refractivity contribution in [3.8, 4) is 22.1 Å².